The second kappa shape index (κ2) is 5.38. The topological polar surface area (TPSA) is 38.5 Å². The number of rotatable bonds is 2. The molecule has 2 aromatic carbocycles. The largest absolute Gasteiger partial charge is 0.389 e. The Hall–Kier alpha value is -1.65. The third kappa shape index (κ3) is 2.37. The van der Waals surface area contributed by atoms with E-state index < -0.39 is 0 Å². The molecule has 3 nitrogen and oxygen atoms in total. The van der Waals surface area contributed by atoms with Crippen molar-refractivity contribution in [2.24, 2.45) is 5.73 Å². The number of hydrogen-bond donors (Lipinski definition) is 1. The van der Waals surface area contributed by atoms with Crippen LogP contribution in [-0.2, 0) is 4.74 Å². The lowest BCUT2D eigenvalue weighted by Gasteiger charge is -2.34. The Balaban J connectivity index is 2.12. The molecule has 0 aromatic heterocycles. The molecule has 0 amide bonds. The van der Waals surface area contributed by atoms with Crippen molar-refractivity contribution in [3.63, 3.8) is 0 Å². The van der Waals surface area contributed by atoms with Gasteiger partial charge in [0.1, 0.15) is 4.99 Å². The molecule has 1 unspecified atom stereocenters. The number of nitrogens with two attached hydrogens (primary N) is 1. The summed E-state index contributed by atoms with van der Waals surface area (Å²) < 4.78 is 5.62. The van der Waals surface area contributed by atoms with Crippen LogP contribution in [0.15, 0.2) is 36.4 Å². The van der Waals surface area contributed by atoms with Crippen molar-refractivity contribution in [1.29, 1.82) is 0 Å². The summed E-state index contributed by atoms with van der Waals surface area (Å²) in [5, 5.41) is 2.32. The minimum absolute atomic E-state index is 0.262. The van der Waals surface area contributed by atoms with E-state index in [2.05, 4.69) is 36.1 Å². The molecule has 4 heteroatoms. The number of fused-ring (bicyclic) bond motifs is 1. The van der Waals surface area contributed by atoms with Gasteiger partial charge in [0.05, 0.1) is 12.7 Å². The quantitative estimate of drug-likeness (QED) is 0.862. The van der Waals surface area contributed by atoms with Gasteiger partial charge in [-0.1, -0.05) is 36.5 Å². The maximum Gasteiger partial charge on any atom is 0.104 e. The summed E-state index contributed by atoms with van der Waals surface area (Å²) in [6, 6.07) is 12.4. The van der Waals surface area contributed by atoms with Gasteiger partial charge in [-0.3, -0.25) is 0 Å². The van der Waals surface area contributed by atoms with Crippen molar-refractivity contribution >= 4 is 33.7 Å². The molecule has 1 aliphatic rings. The molecular formula is C16H18N2OS. The highest BCUT2D eigenvalue weighted by Gasteiger charge is 2.19. The molecule has 3 rings (SSSR count). The van der Waals surface area contributed by atoms with E-state index in [1.54, 1.807) is 0 Å². The average molecular weight is 286 g/mol. The first-order valence-corrected chi connectivity index (χ1v) is 7.26. The monoisotopic (exact) mass is 286 g/mol. The minimum Gasteiger partial charge on any atom is -0.389 e. The Morgan fingerprint density at radius 1 is 1.25 bits per heavy atom. The molecule has 2 N–H and O–H groups in total. The first kappa shape index (κ1) is 13.3. The van der Waals surface area contributed by atoms with Crippen molar-refractivity contribution in [2.45, 2.75) is 13.0 Å². The number of benzene rings is 2. The van der Waals surface area contributed by atoms with Gasteiger partial charge in [0.25, 0.3) is 0 Å². The number of ether oxygens (including phenoxy) is 1. The number of thiocarbonyl (C=S) groups is 1. The van der Waals surface area contributed by atoms with Gasteiger partial charge >= 0.3 is 0 Å². The Morgan fingerprint density at radius 2 is 2.00 bits per heavy atom. The molecule has 1 heterocycles. The van der Waals surface area contributed by atoms with E-state index in [9.17, 15) is 0 Å². The summed E-state index contributed by atoms with van der Waals surface area (Å²) in [6.45, 7) is 4.71. The van der Waals surface area contributed by atoms with E-state index in [1.807, 2.05) is 12.1 Å². The second-order valence-corrected chi connectivity index (χ2v) is 5.61. The maximum atomic E-state index is 5.83. The van der Waals surface area contributed by atoms with Crippen molar-refractivity contribution < 1.29 is 4.74 Å². The Kier molecular flexibility index (Phi) is 3.59. The third-order valence-electron chi connectivity index (χ3n) is 3.75. The Bertz CT molecular complexity index is 656. The average Bonchev–Trinajstić information content (AvgIpc) is 2.46. The summed E-state index contributed by atoms with van der Waals surface area (Å²) in [7, 11) is 0. The zero-order valence-corrected chi connectivity index (χ0v) is 12.3. The van der Waals surface area contributed by atoms with Gasteiger partial charge < -0.3 is 15.4 Å². The molecule has 104 valence electrons. The zero-order chi connectivity index (χ0) is 14.1. The van der Waals surface area contributed by atoms with Gasteiger partial charge in [0.2, 0.25) is 0 Å². The van der Waals surface area contributed by atoms with Crippen molar-refractivity contribution in [3.05, 3.63) is 42.0 Å². The highest BCUT2D eigenvalue weighted by atomic mass is 32.1. The standard InChI is InChI=1S/C16H18N2OS/c1-11-10-18(8-9-19-11)15-7-6-14(16(17)20)12-4-2-3-5-13(12)15/h2-7,11H,8-10H2,1H3,(H2,17,20). The highest BCUT2D eigenvalue weighted by Crippen LogP contribution is 2.30. The van der Waals surface area contributed by atoms with E-state index in [0.29, 0.717) is 4.99 Å². The molecule has 0 spiro atoms. The first-order chi connectivity index (χ1) is 9.66. The molecule has 1 aliphatic heterocycles. The molecular weight excluding hydrogens is 268 g/mol. The molecule has 1 atom stereocenters. The van der Waals surface area contributed by atoms with Crippen LogP contribution < -0.4 is 10.6 Å². The predicted molar refractivity (Wildman–Crippen MR) is 87.5 cm³/mol. The molecule has 1 fully saturated rings. The molecule has 0 aliphatic carbocycles. The summed E-state index contributed by atoms with van der Waals surface area (Å²) >= 11 is 5.15. The lowest BCUT2D eigenvalue weighted by molar-refractivity contribution is 0.0533. The van der Waals surface area contributed by atoms with Crippen LogP contribution in [0.25, 0.3) is 10.8 Å². The van der Waals surface area contributed by atoms with Crippen LogP contribution in [0.5, 0.6) is 0 Å². The number of anilines is 1. The van der Waals surface area contributed by atoms with Gasteiger partial charge in [-0.2, -0.15) is 0 Å². The first-order valence-electron chi connectivity index (χ1n) is 6.85. The van der Waals surface area contributed by atoms with Gasteiger partial charge in [0.15, 0.2) is 0 Å². The number of hydrogen-bond acceptors (Lipinski definition) is 3. The van der Waals surface area contributed by atoms with Crippen LogP contribution in [0.4, 0.5) is 5.69 Å². The number of nitrogens with zero attached hydrogens (tertiary/aromatic N) is 1. The smallest absolute Gasteiger partial charge is 0.104 e. The highest BCUT2D eigenvalue weighted by molar-refractivity contribution is 7.80. The van der Waals surface area contributed by atoms with Gasteiger partial charge in [0, 0.05) is 29.7 Å². The fraction of sp³-hybridized carbons (Fsp3) is 0.312. The third-order valence-corrected chi connectivity index (χ3v) is 3.97. The van der Waals surface area contributed by atoms with Crippen LogP contribution in [0.2, 0.25) is 0 Å². The molecule has 0 bridgehead atoms. The lowest BCUT2D eigenvalue weighted by Crippen LogP contribution is -2.41. The van der Waals surface area contributed by atoms with Crippen LogP contribution >= 0.6 is 12.2 Å². The molecule has 0 saturated carbocycles. The van der Waals surface area contributed by atoms with E-state index >= 15 is 0 Å². The fourth-order valence-corrected chi connectivity index (χ4v) is 2.99. The van der Waals surface area contributed by atoms with Crippen LogP contribution in [0, 0.1) is 0 Å². The normalized spacial score (nSPS) is 19.2. The summed E-state index contributed by atoms with van der Waals surface area (Å²) in [5.41, 5.74) is 8.01. The zero-order valence-electron chi connectivity index (χ0n) is 11.5. The minimum atomic E-state index is 0.262. The maximum absolute atomic E-state index is 5.83. The Labute approximate surface area is 124 Å². The van der Waals surface area contributed by atoms with Crippen molar-refractivity contribution in [2.75, 3.05) is 24.6 Å². The molecule has 20 heavy (non-hydrogen) atoms. The Morgan fingerprint density at radius 3 is 2.70 bits per heavy atom. The SMILES string of the molecule is CC1CN(c2ccc(C(N)=S)c3ccccc23)CCO1. The van der Waals surface area contributed by atoms with Gasteiger partial charge in [-0.25, -0.2) is 0 Å². The van der Waals surface area contributed by atoms with Crippen molar-refractivity contribution in [1.82, 2.24) is 0 Å². The summed E-state index contributed by atoms with van der Waals surface area (Å²) in [5.74, 6) is 0. The molecule has 1 saturated heterocycles. The van der Waals surface area contributed by atoms with Crippen LogP contribution in [0.3, 0.4) is 0 Å². The van der Waals surface area contributed by atoms with Crippen LogP contribution in [0.1, 0.15) is 12.5 Å². The van der Waals surface area contributed by atoms with Gasteiger partial charge in [-0.05, 0) is 24.4 Å². The second-order valence-electron chi connectivity index (χ2n) is 5.17. The summed E-state index contributed by atoms with van der Waals surface area (Å²) in [6.07, 6.45) is 0.262. The van der Waals surface area contributed by atoms with Crippen molar-refractivity contribution in [3.8, 4) is 0 Å². The molecule has 2 aromatic rings. The fourth-order valence-electron chi connectivity index (χ4n) is 2.81. The summed E-state index contributed by atoms with van der Waals surface area (Å²) in [4.78, 5) is 2.82. The van der Waals surface area contributed by atoms with E-state index in [0.717, 1.165) is 30.6 Å². The number of morpholine rings is 1. The predicted octanol–water partition coefficient (Wildman–Crippen LogP) is 2.70. The van der Waals surface area contributed by atoms with Crippen LogP contribution in [-0.4, -0.2) is 30.8 Å². The van der Waals surface area contributed by atoms with Gasteiger partial charge in [-0.15, -0.1) is 0 Å². The van der Waals surface area contributed by atoms with E-state index in [-0.39, 0.29) is 6.10 Å². The molecule has 0 radical (unpaired) electrons. The lowest BCUT2D eigenvalue weighted by atomic mass is 10.0. The van der Waals surface area contributed by atoms with E-state index in [1.165, 1.54) is 11.1 Å². The van der Waals surface area contributed by atoms with E-state index in [4.69, 9.17) is 22.7 Å².